The molecule has 0 fully saturated rings. The van der Waals surface area contributed by atoms with Crippen LogP contribution < -0.4 is 0 Å². The maximum atomic E-state index is 10.9. The van der Waals surface area contributed by atoms with E-state index < -0.39 is 11.2 Å². The Balaban J connectivity index is 2.87. The highest BCUT2D eigenvalue weighted by molar-refractivity contribution is 8.00. The van der Waals surface area contributed by atoms with Crippen molar-refractivity contribution >= 4 is 17.7 Å². The van der Waals surface area contributed by atoms with Gasteiger partial charge in [-0.25, -0.2) is 9.97 Å². The Morgan fingerprint density at radius 1 is 1.50 bits per heavy atom. The molecule has 1 N–H and O–H groups in total. The summed E-state index contributed by atoms with van der Waals surface area (Å²) >= 11 is 1.29. The van der Waals surface area contributed by atoms with E-state index >= 15 is 0 Å². The Hall–Kier alpha value is -1.10. The third-order valence-electron chi connectivity index (χ3n) is 2.14. The van der Waals surface area contributed by atoms with Gasteiger partial charge in [0.1, 0.15) is 16.1 Å². The van der Waals surface area contributed by atoms with Gasteiger partial charge in [-0.2, -0.15) is 0 Å². The predicted molar refractivity (Wildman–Crippen MR) is 63.7 cm³/mol. The molecule has 1 atom stereocenters. The standard InChI is InChI=1S/C11H16N2O2S/c1-4-8-6-10(13-7(3)12-8)16-9(5-2)11(14)15/h6,9H,4-5H2,1-3H3,(H,14,15). The second kappa shape index (κ2) is 5.84. The summed E-state index contributed by atoms with van der Waals surface area (Å²) in [6, 6.07) is 1.86. The minimum absolute atomic E-state index is 0.431. The van der Waals surface area contributed by atoms with Crippen LogP contribution in [0.3, 0.4) is 0 Å². The van der Waals surface area contributed by atoms with E-state index in [4.69, 9.17) is 5.11 Å². The Labute approximate surface area is 99.5 Å². The monoisotopic (exact) mass is 240 g/mol. The Morgan fingerprint density at radius 3 is 2.69 bits per heavy atom. The highest BCUT2D eigenvalue weighted by atomic mass is 32.2. The summed E-state index contributed by atoms with van der Waals surface area (Å²) in [5.74, 6) is -0.0936. The number of nitrogens with zero attached hydrogens (tertiary/aromatic N) is 2. The first kappa shape index (κ1) is 13.0. The number of rotatable bonds is 5. The molecule has 16 heavy (non-hydrogen) atoms. The average Bonchev–Trinajstić information content (AvgIpc) is 2.24. The van der Waals surface area contributed by atoms with Gasteiger partial charge in [-0.15, -0.1) is 0 Å². The van der Waals surface area contributed by atoms with E-state index in [9.17, 15) is 4.79 Å². The number of hydrogen-bond donors (Lipinski definition) is 1. The number of aryl methyl sites for hydroxylation is 2. The summed E-state index contributed by atoms with van der Waals surface area (Å²) in [4.78, 5) is 19.4. The summed E-state index contributed by atoms with van der Waals surface area (Å²) in [5.41, 5.74) is 0.954. The predicted octanol–water partition coefficient (Wildman–Crippen LogP) is 2.30. The fourth-order valence-corrected chi connectivity index (χ4v) is 2.24. The SMILES string of the molecule is CCc1cc(SC(CC)C(=O)O)nc(C)n1. The van der Waals surface area contributed by atoms with Crippen molar-refractivity contribution in [3.05, 3.63) is 17.6 Å². The third kappa shape index (κ3) is 3.48. The molecule has 4 nitrogen and oxygen atoms in total. The maximum absolute atomic E-state index is 10.9. The Bertz CT molecular complexity index is 382. The average molecular weight is 240 g/mol. The molecular formula is C11H16N2O2S. The zero-order valence-electron chi connectivity index (χ0n) is 9.73. The molecule has 0 aliphatic heterocycles. The number of aromatic nitrogens is 2. The van der Waals surface area contributed by atoms with Crippen LogP contribution >= 0.6 is 11.8 Å². The summed E-state index contributed by atoms with van der Waals surface area (Å²) in [7, 11) is 0. The number of carbonyl (C=O) groups is 1. The largest absolute Gasteiger partial charge is 0.480 e. The number of thioether (sulfide) groups is 1. The van der Waals surface area contributed by atoms with Gasteiger partial charge in [0.05, 0.1) is 0 Å². The van der Waals surface area contributed by atoms with Crippen LogP contribution in [0.5, 0.6) is 0 Å². The van der Waals surface area contributed by atoms with Crippen molar-refractivity contribution < 1.29 is 9.90 Å². The Kier molecular flexibility index (Phi) is 4.73. The van der Waals surface area contributed by atoms with Gasteiger partial charge < -0.3 is 5.11 Å². The molecule has 0 saturated carbocycles. The molecule has 88 valence electrons. The highest BCUT2D eigenvalue weighted by Crippen LogP contribution is 2.24. The van der Waals surface area contributed by atoms with E-state index in [1.807, 2.05) is 26.8 Å². The van der Waals surface area contributed by atoms with Crippen LogP contribution in [-0.2, 0) is 11.2 Å². The first-order chi connectivity index (χ1) is 7.56. The van der Waals surface area contributed by atoms with Crippen molar-refractivity contribution in [2.45, 2.75) is 43.9 Å². The lowest BCUT2D eigenvalue weighted by Gasteiger charge is -2.09. The molecular weight excluding hydrogens is 224 g/mol. The van der Waals surface area contributed by atoms with Gasteiger partial charge >= 0.3 is 5.97 Å². The second-order valence-electron chi connectivity index (χ2n) is 3.45. The zero-order valence-corrected chi connectivity index (χ0v) is 10.5. The van der Waals surface area contributed by atoms with Gasteiger partial charge in [0, 0.05) is 5.69 Å². The van der Waals surface area contributed by atoms with Crippen LogP contribution in [0.1, 0.15) is 31.8 Å². The van der Waals surface area contributed by atoms with Gasteiger partial charge in [-0.1, -0.05) is 25.6 Å². The fourth-order valence-electron chi connectivity index (χ4n) is 1.29. The summed E-state index contributed by atoms with van der Waals surface area (Å²) in [6.07, 6.45) is 1.42. The van der Waals surface area contributed by atoms with Crippen LogP contribution in [0.2, 0.25) is 0 Å². The van der Waals surface area contributed by atoms with E-state index in [1.54, 1.807) is 0 Å². The molecule has 0 bridgehead atoms. The number of carboxylic acids is 1. The van der Waals surface area contributed by atoms with Crippen LogP contribution in [-0.4, -0.2) is 26.3 Å². The molecule has 0 saturated heterocycles. The lowest BCUT2D eigenvalue weighted by Crippen LogP contribution is -2.15. The van der Waals surface area contributed by atoms with Crippen LogP contribution in [0.25, 0.3) is 0 Å². The van der Waals surface area contributed by atoms with Gasteiger partial charge in [-0.3, -0.25) is 4.79 Å². The van der Waals surface area contributed by atoms with Crippen LogP contribution in [0, 0.1) is 6.92 Å². The zero-order chi connectivity index (χ0) is 12.1. The minimum atomic E-state index is -0.790. The summed E-state index contributed by atoms with van der Waals surface area (Å²) in [5, 5.41) is 9.28. The van der Waals surface area contributed by atoms with Crippen molar-refractivity contribution in [3.63, 3.8) is 0 Å². The number of aliphatic carboxylic acids is 1. The highest BCUT2D eigenvalue weighted by Gasteiger charge is 2.17. The van der Waals surface area contributed by atoms with Crippen molar-refractivity contribution in [3.8, 4) is 0 Å². The molecule has 5 heteroatoms. The molecule has 0 aliphatic carbocycles. The quantitative estimate of drug-likeness (QED) is 0.632. The van der Waals surface area contributed by atoms with Crippen LogP contribution in [0.15, 0.2) is 11.1 Å². The summed E-state index contributed by atoms with van der Waals surface area (Å²) in [6.45, 7) is 5.70. The first-order valence-corrected chi connectivity index (χ1v) is 6.18. The topological polar surface area (TPSA) is 63.1 Å². The van der Waals surface area contributed by atoms with Gasteiger partial charge in [0.25, 0.3) is 0 Å². The molecule has 0 aromatic carbocycles. The smallest absolute Gasteiger partial charge is 0.317 e. The van der Waals surface area contributed by atoms with Crippen molar-refractivity contribution in [1.29, 1.82) is 0 Å². The molecule has 0 spiro atoms. The molecule has 1 aromatic rings. The van der Waals surface area contributed by atoms with Crippen molar-refractivity contribution in [1.82, 2.24) is 9.97 Å². The molecule has 0 radical (unpaired) electrons. The minimum Gasteiger partial charge on any atom is -0.480 e. The maximum Gasteiger partial charge on any atom is 0.317 e. The van der Waals surface area contributed by atoms with E-state index in [-0.39, 0.29) is 0 Å². The van der Waals surface area contributed by atoms with E-state index in [1.165, 1.54) is 11.8 Å². The summed E-state index contributed by atoms with van der Waals surface area (Å²) < 4.78 is 0. The van der Waals surface area contributed by atoms with E-state index in [0.717, 1.165) is 17.1 Å². The molecule has 0 aliphatic rings. The first-order valence-electron chi connectivity index (χ1n) is 5.30. The number of hydrogen-bond acceptors (Lipinski definition) is 4. The van der Waals surface area contributed by atoms with Crippen LogP contribution in [0.4, 0.5) is 0 Å². The second-order valence-corrected chi connectivity index (χ2v) is 4.67. The number of carboxylic acid groups (broad SMARTS) is 1. The van der Waals surface area contributed by atoms with Gasteiger partial charge in [0.2, 0.25) is 0 Å². The lowest BCUT2D eigenvalue weighted by molar-refractivity contribution is -0.136. The van der Waals surface area contributed by atoms with Crippen molar-refractivity contribution in [2.24, 2.45) is 0 Å². The van der Waals surface area contributed by atoms with E-state index in [0.29, 0.717) is 12.2 Å². The molecule has 0 amide bonds. The molecule has 1 unspecified atom stereocenters. The normalized spacial score (nSPS) is 12.4. The lowest BCUT2D eigenvalue weighted by atomic mass is 10.3. The Morgan fingerprint density at radius 2 is 2.19 bits per heavy atom. The van der Waals surface area contributed by atoms with Gasteiger partial charge in [0.15, 0.2) is 0 Å². The van der Waals surface area contributed by atoms with Crippen molar-refractivity contribution in [2.75, 3.05) is 0 Å². The fraction of sp³-hybridized carbons (Fsp3) is 0.545. The molecule has 1 heterocycles. The van der Waals surface area contributed by atoms with E-state index in [2.05, 4.69) is 9.97 Å². The third-order valence-corrected chi connectivity index (χ3v) is 3.41. The van der Waals surface area contributed by atoms with Gasteiger partial charge in [-0.05, 0) is 25.8 Å². The molecule has 1 aromatic heterocycles. The molecule has 1 rings (SSSR count).